The minimum Gasteiger partial charge on any atom is -0.481 e. The molecule has 3 aromatic rings. The van der Waals surface area contributed by atoms with E-state index in [0.29, 0.717) is 28.8 Å². The van der Waals surface area contributed by atoms with Crippen LogP contribution >= 0.6 is 11.6 Å². The molecule has 1 saturated carbocycles. The number of H-pyrrole nitrogens is 1. The summed E-state index contributed by atoms with van der Waals surface area (Å²) in [5.41, 5.74) is 1.64. The van der Waals surface area contributed by atoms with E-state index in [4.69, 9.17) is 16.3 Å². The van der Waals surface area contributed by atoms with E-state index in [0.717, 1.165) is 31.2 Å². The van der Waals surface area contributed by atoms with Crippen molar-refractivity contribution in [3.8, 4) is 5.75 Å². The molecular weight excluding hydrogens is 504 g/mol. The van der Waals surface area contributed by atoms with Crippen molar-refractivity contribution in [2.24, 2.45) is 11.3 Å². The van der Waals surface area contributed by atoms with Gasteiger partial charge in [0.25, 0.3) is 17.8 Å². The van der Waals surface area contributed by atoms with Gasteiger partial charge in [-0.25, -0.2) is 0 Å². The van der Waals surface area contributed by atoms with Crippen LogP contribution in [-0.4, -0.2) is 49.5 Å². The van der Waals surface area contributed by atoms with Crippen LogP contribution in [0.4, 0.5) is 5.95 Å². The van der Waals surface area contributed by atoms with Crippen molar-refractivity contribution in [2.75, 3.05) is 5.32 Å². The lowest BCUT2D eigenvalue weighted by Gasteiger charge is -2.41. The molecule has 2 aromatic carbocycles. The van der Waals surface area contributed by atoms with E-state index < -0.39 is 6.10 Å². The zero-order valence-electron chi connectivity index (χ0n) is 22.3. The van der Waals surface area contributed by atoms with Crippen LogP contribution < -0.4 is 10.1 Å². The summed E-state index contributed by atoms with van der Waals surface area (Å²) in [6.07, 6.45) is 3.38. The topological polar surface area (TPSA) is 113 Å². The van der Waals surface area contributed by atoms with E-state index in [-0.39, 0.29) is 29.2 Å². The molecule has 9 nitrogen and oxygen atoms in total. The minimum atomic E-state index is -0.672. The Morgan fingerprint density at radius 2 is 1.84 bits per heavy atom. The number of hydrogen-bond acceptors (Lipinski definition) is 6. The van der Waals surface area contributed by atoms with Gasteiger partial charge < -0.3 is 9.64 Å². The fourth-order valence-corrected chi connectivity index (χ4v) is 5.20. The van der Waals surface area contributed by atoms with Crippen molar-refractivity contribution in [2.45, 2.75) is 72.1 Å². The van der Waals surface area contributed by atoms with E-state index in [1.54, 1.807) is 43.3 Å². The van der Waals surface area contributed by atoms with Gasteiger partial charge in [-0.2, -0.15) is 5.21 Å². The molecule has 202 valence electrons. The number of anilines is 1. The Balaban J connectivity index is 1.48. The first-order chi connectivity index (χ1) is 18.1. The molecule has 0 radical (unpaired) electrons. The van der Waals surface area contributed by atoms with Gasteiger partial charge in [0.15, 0.2) is 6.10 Å². The van der Waals surface area contributed by atoms with Crippen molar-refractivity contribution in [3.63, 3.8) is 0 Å². The summed E-state index contributed by atoms with van der Waals surface area (Å²) in [5.74, 6) is 0.896. The van der Waals surface area contributed by atoms with Gasteiger partial charge in [0, 0.05) is 23.2 Å². The predicted octanol–water partition coefficient (Wildman–Crippen LogP) is 5.51. The van der Waals surface area contributed by atoms with Crippen molar-refractivity contribution >= 4 is 29.4 Å². The summed E-state index contributed by atoms with van der Waals surface area (Å²) in [5, 5.41) is 16.3. The van der Waals surface area contributed by atoms with E-state index in [9.17, 15) is 9.59 Å². The number of aromatic amines is 1. The van der Waals surface area contributed by atoms with Crippen LogP contribution in [0.1, 0.15) is 69.3 Å². The smallest absolute Gasteiger partial charge is 0.270 e. The predicted molar refractivity (Wildman–Crippen MR) is 146 cm³/mol. The molecule has 0 spiro atoms. The third-order valence-electron chi connectivity index (χ3n) is 7.24. The Bertz CT molecular complexity index is 1220. The van der Waals surface area contributed by atoms with Crippen LogP contribution in [-0.2, 0) is 11.3 Å². The largest absolute Gasteiger partial charge is 0.481 e. The maximum atomic E-state index is 13.7. The Hall–Kier alpha value is -3.46. The number of hydrogen-bond donors (Lipinski definition) is 2. The van der Waals surface area contributed by atoms with Gasteiger partial charge in [0.1, 0.15) is 5.75 Å². The third-order valence-corrected chi connectivity index (χ3v) is 7.48. The van der Waals surface area contributed by atoms with E-state index >= 15 is 0 Å². The van der Waals surface area contributed by atoms with Crippen molar-refractivity contribution in [1.29, 1.82) is 0 Å². The van der Waals surface area contributed by atoms with E-state index in [1.165, 1.54) is 0 Å². The van der Waals surface area contributed by atoms with Gasteiger partial charge in [-0.05, 0) is 85.0 Å². The Morgan fingerprint density at radius 3 is 2.45 bits per heavy atom. The standard InChI is InChI=1S/C28H35ClN6O3/c1-18(38-24-7-5-6-22(29)16-24)26(37)35(23-14-12-21(13-15-23)28(2,3)4)17-19-8-10-20(11-9-19)25(36)30-27-31-33-34-32-27/h5-11,16,18,21,23H,12-15,17H2,1-4H3,(H2,30,31,32,33,34,36). The monoisotopic (exact) mass is 538 g/mol. The highest BCUT2D eigenvalue weighted by molar-refractivity contribution is 6.30. The zero-order valence-corrected chi connectivity index (χ0v) is 23.0. The first-order valence-corrected chi connectivity index (χ1v) is 13.3. The summed E-state index contributed by atoms with van der Waals surface area (Å²) >= 11 is 6.11. The number of carbonyl (C=O) groups is 2. The number of halogens is 1. The summed E-state index contributed by atoms with van der Waals surface area (Å²) in [6, 6.07) is 14.4. The maximum Gasteiger partial charge on any atom is 0.270 e. The number of ether oxygens (including phenoxy) is 1. The van der Waals surface area contributed by atoms with Gasteiger partial charge in [-0.15, -0.1) is 5.10 Å². The molecule has 1 unspecified atom stereocenters. The molecule has 1 atom stereocenters. The molecule has 4 rings (SSSR count). The normalized spacial score (nSPS) is 18.4. The molecule has 1 aliphatic rings. The highest BCUT2D eigenvalue weighted by Gasteiger charge is 2.35. The van der Waals surface area contributed by atoms with Crippen molar-refractivity contribution < 1.29 is 14.3 Å². The lowest BCUT2D eigenvalue weighted by Crippen LogP contribution is -2.47. The van der Waals surface area contributed by atoms with Crippen LogP contribution in [0.5, 0.6) is 5.75 Å². The van der Waals surface area contributed by atoms with E-state index in [1.807, 2.05) is 17.0 Å². The Morgan fingerprint density at radius 1 is 1.13 bits per heavy atom. The van der Waals surface area contributed by atoms with Gasteiger partial charge in [0.2, 0.25) is 0 Å². The lowest BCUT2D eigenvalue weighted by molar-refractivity contribution is -0.142. The number of aromatic nitrogens is 4. The van der Waals surface area contributed by atoms with Crippen LogP contribution in [0.25, 0.3) is 0 Å². The number of rotatable bonds is 8. The molecule has 1 aliphatic carbocycles. The highest BCUT2D eigenvalue weighted by atomic mass is 35.5. The second-order valence-electron chi connectivity index (χ2n) is 10.9. The summed E-state index contributed by atoms with van der Waals surface area (Å²) in [4.78, 5) is 28.2. The summed E-state index contributed by atoms with van der Waals surface area (Å²) < 4.78 is 5.99. The molecule has 1 fully saturated rings. The number of carbonyl (C=O) groups excluding carboxylic acids is 2. The maximum absolute atomic E-state index is 13.7. The fraction of sp³-hybridized carbons (Fsp3) is 0.464. The number of nitrogens with one attached hydrogen (secondary N) is 2. The van der Waals surface area contributed by atoms with Crippen LogP contribution in [0, 0.1) is 11.3 Å². The lowest BCUT2D eigenvalue weighted by atomic mass is 9.71. The Labute approximate surface area is 228 Å². The quantitative estimate of drug-likeness (QED) is 0.391. The van der Waals surface area contributed by atoms with Crippen LogP contribution in [0.15, 0.2) is 48.5 Å². The van der Waals surface area contributed by atoms with Crippen molar-refractivity contribution in [1.82, 2.24) is 25.5 Å². The molecule has 1 heterocycles. The first-order valence-electron chi connectivity index (χ1n) is 13.0. The molecule has 1 aromatic heterocycles. The van der Waals surface area contributed by atoms with E-state index in [2.05, 4.69) is 46.7 Å². The SMILES string of the molecule is CC(Oc1cccc(Cl)c1)C(=O)N(Cc1ccc(C(=O)Nc2nn[nH]n2)cc1)C1CCC(C(C)(C)C)CC1. The average molecular weight is 539 g/mol. The second kappa shape index (κ2) is 11.9. The second-order valence-corrected chi connectivity index (χ2v) is 11.4. The number of benzene rings is 2. The van der Waals surface area contributed by atoms with Crippen LogP contribution in [0.2, 0.25) is 5.02 Å². The number of nitrogens with zero attached hydrogens (tertiary/aromatic N) is 4. The number of tetrazole rings is 1. The molecule has 38 heavy (non-hydrogen) atoms. The molecule has 0 bridgehead atoms. The Kier molecular flexibility index (Phi) is 8.66. The molecular formula is C28H35ClN6O3. The molecule has 10 heteroatoms. The van der Waals surface area contributed by atoms with Gasteiger partial charge in [-0.3, -0.25) is 14.9 Å². The molecule has 2 N–H and O–H groups in total. The minimum absolute atomic E-state index is 0.0666. The van der Waals surface area contributed by atoms with Crippen molar-refractivity contribution in [3.05, 3.63) is 64.7 Å². The fourth-order valence-electron chi connectivity index (χ4n) is 5.02. The average Bonchev–Trinajstić information content (AvgIpc) is 3.40. The number of amides is 2. The summed E-state index contributed by atoms with van der Waals surface area (Å²) in [7, 11) is 0. The third kappa shape index (κ3) is 7.10. The van der Waals surface area contributed by atoms with Gasteiger partial charge in [-0.1, -0.05) is 55.7 Å². The van der Waals surface area contributed by atoms with Gasteiger partial charge >= 0.3 is 0 Å². The summed E-state index contributed by atoms with van der Waals surface area (Å²) in [6.45, 7) is 9.08. The molecule has 0 saturated heterocycles. The zero-order chi connectivity index (χ0) is 27.3. The van der Waals surface area contributed by atoms with Gasteiger partial charge in [0.05, 0.1) is 0 Å². The van der Waals surface area contributed by atoms with Crippen LogP contribution in [0.3, 0.4) is 0 Å². The highest BCUT2D eigenvalue weighted by Crippen LogP contribution is 2.39. The molecule has 0 aliphatic heterocycles. The molecule has 2 amide bonds. The first kappa shape index (κ1) is 27.6.